The number of anilines is 2. The first-order chi connectivity index (χ1) is 11.1. The van der Waals surface area contributed by atoms with Crippen molar-refractivity contribution in [2.75, 3.05) is 18.2 Å². The fourth-order valence-corrected chi connectivity index (χ4v) is 2.48. The summed E-state index contributed by atoms with van der Waals surface area (Å²) in [6.07, 6.45) is 1.60. The maximum Gasteiger partial charge on any atom is 0.244 e. The van der Waals surface area contributed by atoms with Gasteiger partial charge in [-0.05, 0) is 24.6 Å². The number of ether oxygens (including phenoxy) is 1. The Morgan fingerprint density at radius 3 is 2.83 bits per heavy atom. The molecule has 0 atom stereocenters. The van der Waals surface area contributed by atoms with Crippen molar-refractivity contribution in [2.24, 2.45) is 0 Å². The van der Waals surface area contributed by atoms with Gasteiger partial charge in [0.1, 0.15) is 24.1 Å². The van der Waals surface area contributed by atoms with Crippen LogP contribution in [0.15, 0.2) is 30.3 Å². The fourth-order valence-electron chi connectivity index (χ4n) is 2.48. The van der Waals surface area contributed by atoms with Crippen molar-refractivity contribution < 1.29 is 9.53 Å². The Morgan fingerprint density at radius 1 is 1.43 bits per heavy atom. The van der Waals surface area contributed by atoms with Gasteiger partial charge < -0.3 is 20.4 Å². The van der Waals surface area contributed by atoms with Gasteiger partial charge in [0.15, 0.2) is 0 Å². The van der Waals surface area contributed by atoms with Crippen LogP contribution >= 0.6 is 0 Å². The van der Waals surface area contributed by atoms with Gasteiger partial charge in [0.05, 0.1) is 18.5 Å². The van der Waals surface area contributed by atoms with E-state index in [4.69, 9.17) is 10.5 Å². The van der Waals surface area contributed by atoms with E-state index in [1.807, 2.05) is 19.1 Å². The van der Waals surface area contributed by atoms with Crippen LogP contribution in [0.1, 0.15) is 24.7 Å². The molecule has 0 fully saturated rings. The van der Waals surface area contributed by atoms with Crippen LogP contribution in [0, 0.1) is 11.3 Å². The highest BCUT2D eigenvalue weighted by Gasteiger charge is 2.16. The molecular formula is C17H20N4O2. The highest BCUT2D eigenvalue weighted by Crippen LogP contribution is 2.24. The Labute approximate surface area is 135 Å². The lowest BCUT2D eigenvalue weighted by Crippen LogP contribution is -2.21. The van der Waals surface area contributed by atoms with Crippen molar-refractivity contribution in [3.63, 3.8) is 0 Å². The second-order valence-corrected chi connectivity index (χ2v) is 5.13. The Morgan fingerprint density at radius 2 is 2.17 bits per heavy atom. The van der Waals surface area contributed by atoms with Gasteiger partial charge in [-0.2, -0.15) is 5.26 Å². The summed E-state index contributed by atoms with van der Waals surface area (Å²) in [7, 11) is 1.55. The third-order valence-electron chi connectivity index (χ3n) is 3.53. The van der Waals surface area contributed by atoms with Crippen molar-refractivity contribution in [3.05, 3.63) is 41.7 Å². The molecule has 0 aliphatic rings. The molecule has 23 heavy (non-hydrogen) atoms. The highest BCUT2D eigenvalue weighted by molar-refractivity contribution is 5.92. The molecule has 1 heterocycles. The number of amides is 1. The number of rotatable bonds is 6. The van der Waals surface area contributed by atoms with Gasteiger partial charge in [0.2, 0.25) is 5.91 Å². The number of nitriles is 1. The first-order valence-corrected chi connectivity index (χ1v) is 7.41. The van der Waals surface area contributed by atoms with E-state index in [0.717, 1.165) is 18.5 Å². The monoisotopic (exact) mass is 312 g/mol. The normalized spacial score (nSPS) is 10.1. The third-order valence-corrected chi connectivity index (χ3v) is 3.53. The summed E-state index contributed by atoms with van der Waals surface area (Å²) in [5, 5.41) is 12.0. The largest absolute Gasteiger partial charge is 0.495 e. The van der Waals surface area contributed by atoms with Crippen LogP contribution in [-0.4, -0.2) is 17.6 Å². The smallest absolute Gasteiger partial charge is 0.244 e. The first-order valence-electron chi connectivity index (χ1n) is 7.41. The highest BCUT2D eigenvalue weighted by atomic mass is 16.5. The minimum absolute atomic E-state index is 0.0352. The number of hydrogen-bond donors (Lipinski definition) is 2. The molecule has 1 aromatic carbocycles. The number of benzene rings is 1. The number of aromatic nitrogens is 1. The number of nitrogens with two attached hydrogens (primary N) is 1. The summed E-state index contributed by atoms with van der Waals surface area (Å²) in [6, 6.07) is 10.9. The number of nitrogens with zero attached hydrogens (tertiary/aromatic N) is 2. The van der Waals surface area contributed by atoms with Crippen LogP contribution in [0.4, 0.5) is 11.4 Å². The summed E-state index contributed by atoms with van der Waals surface area (Å²) >= 11 is 0. The topological polar surface area (TPSA) is 93.1 Å². The van der Waals surface area contributed by atoms with Crippen LogP contribution in [0.3, 0.4) is 0 Å². The number of hydrogen-bond acceptors (Lipinski definition) is 4. The standard InChI is InChI=1S/C17H20N4O2/c1-3-6-15-13(19)9-12(10-18)21(15)11-17(22)20-14-7-4-5-8-16(14)23-2/h4-5,7-9H,3,6,11,19H2,1-2H3,(H,20,22). The molecule has 2 rings (SSSR count). The molecule has 0 unspecified atom stereocenters. The maximum atomic E-state index is 12.3. The zero-order valence-corrected chi connectivity index (χ0v) is 13.3. The number of para-hydroxylation sites is 2. The van der Waals surface area contributed by atoms with Gasteiger partial charge in [0, 0.05) is 5.69 Å². The lowest BCUT2D eigenvalue weighted by Gasteiger charge is -2.13. The molecule has 1 amide bonds. The van der Waals surface area contributed by atoms with Crippen molar-refractivity contribution in [2.45, 2.75) is 26.3 Å². The maximum absolute atomic E-state index is 12.3. The molecule has 6 nitrogen and oxygen atoms in total. The predicted molar refractivity (Wildman–Crippen MR) is 89.2 cm³/mol. The summed E-state index contributed by atoms with van der Waals surface area (Å²) in [6.45, 7) is 2.06. The average Bonchev–Trinajstić information content (AvgIpc) is 2.84. The van der Waals surface area contributed by atoms with Crippen LogP contribution in [0.2, 0.25) is 0 Å². The molecule has 120 valence electrons. The molecule has 1 aromatic heterocycles. The Hall–Kier alpha value is -2.94. The Bertz CT molecular complexity index is 744. The van der Waals surface area contributed by atoms with Crippen LogP contribution in [0.25, 0.3) is 0 Å². The minimum atomic E-state index is -0.237. The van der Waals surface area contributed by atoms with E-state index in [9.17, 15) is 10.1 Å². The number of methoxy groups -OCH3 is 1. The van der Waals surface area contributed by atoms with Crippen molar-refractivity contribution >= 4 is 17.3 Å². The number of nitrogen functional groups attached to an aromatic ring is 1. The Kier molecular flexibility index (Phi) is 5.26. The molecule has 0 saturated carbocycles. The molecule has 0 radical (unpaired) electrons. The van der Waals surface area contributed by atoms with Gasteiger partial charge in [0.25, 0.3) is 0 Å². The first kappa shape index (κ1) is 16.4. The summed E-state index contributed by atoms with van der Waals surface area (Å²) in [5.41, 5.74) is 8.31. The molecule has 3 N–H and O–H groups in total. The van der Waals surface area contributed by atoms with Gasteiger partial charge in [-0.1, -0.05) is 25.5 Å². The lowest BCUT2D eigenvalue weighted by molar-refractivity contribution is -0.116. The van der Waals surface area contributed by atoms with E-state index in [0.29, 0.717) is 22.8 Å². The van der Waals surface area contributed by atoms with Crippen LogP contribution in [0.5, 0.6) is 5.75 Å². The SMILES string of the molecule is CCCc1c(N)cc(C#N)n1CC(=O)Nc1ccccc1OC. The molecule has 2 aromatic rings. The van der Waals surface area contributed by atoms with E-state index in [2.05, 4.69) is 11.4 Å². The summed E-state index contributed by atoms with van der Waals surface area (Å²) in [5.74, 6) is 0.348. The third kappa shape index (κ3) is 3.64. The van der Waals surface area contributed by atoms with Gasteiger partial charge in [-0.25, -0.2) is 0 Å². The molecule has 0 aliphatic heterocycles. The van der Waals surface area contributed by atoms with Gasteiger partial charge in [-0.15, -0.1) is 0 Å². The number of carbonyl (C=O) groups excluding carboxylic acids is 1. The molecular weight excluding hydrogens is 292 g/mol. The van der Waals surface area contributed by atoms with Crippen molar-refractivity contribution in [3.8, 4) is 11.8 Å². The van der Waals surface area contributed by atoms with E-state index in [-0.39, 0.29) is 12.5 Å². The molecule has 0 saturated heterocycles. The van der Waals surface area contributed by atoms with Gasteiger partial charge in [-0.3, -0.25) is 4.79 Å². The van der Waals surface area contributed by atoms with Crippen LogP contribution < -0.4 is 15.8 Å². The molecule has 0 bridgehead atoms. The average molecular weight is 312 g/mol. The second-order valence-electron chi connectivity index (χ2n) is 5.13. The molecule has 0 spiro atoms. The molecule has 0 aliphatic carbocycles. The Balaban J connectivity index is 2.22. The minimum Gasteiger partial charge on any atom is -0.495 e. The second kappa shape index (κ2) is 7.36. The van der Waals surface area contributed by atoms with E-state index < -0.39 is 0 Å². The van der Waals surface area contributed by atoms with E-state index in [1.165, 1.54) is 0 Å². The van der Waals surface area contributed by atoms with E-state index >= 15 is 0 Å². The molecule has 6 heteroatoms. The zero-order chi connectivity index (χ0) is 16.8. The summed E-state index contributed by atoms with van der Waals surface area (Å²) < 4.78 is 6.88. The van der Waals surface area contributed by atoms with Crippen LogP contribution in [-0.2, 0) is 17.8 Å². The predicted octanol–water partition coefficient (Wildman–Crippen LogP) is 2.54. The number of carbonyl (C=O) groups is 1. The lowest BCUT2D eigenvalue weighted by atomic mass is 10.2. The van der Waals surface area contributed by atoms with E-state index in [1.54, 1.807) is 29.9 Å². The quantitative estimate of drug-likeness (QED) is 0.857. The van der Waals surface area contributed by atoms with Gasteiger partial charge >= 0.3 is 0 Å². The summed E-state index contributed by atoms with van der Waals surface area (Å²) in [4.78, 5) is 12.3. The number of nitrogens with one attached hydrogen (secondary N) is 1. The fraction of sp³-hybridized carbons (Fsp3) is 0.294. The van der Waals surface area contributed by atoms with Crippen molar-refractivity contribution in [1.82, 2.24) is 4.57 Å². The zero-order valence-electron chi connectivity index (χ0n) is 13.3. The van der Waals surface area contributed by atoms with Crippen molar-refractivity contribution in [1.29, 1.82) is 5.26 Å².